The van der Waals surface area contributed by atoms with Gasteiger partial charge in [0.25, 0.3) is 0 Å². The number of carboxylic acids is 1. The minimum atomic E-state index is -4.53. The van der Waals surface area contributed by atoms with Gasteiger partial charge in [-0.25, -0.2) is 9.78 Å². The summed E-state index contributed by atoms with van der Waals surface area (Å²) in [5.41, 5.74) is -0.847. The number of oxazole rings is 1. The first-order chi connectivity index (χ1) is 10.3. The third-order valence-corrected chi connectivity index (χ3v) is 3.08. The van der Waals surface area contributed by atoms with Gasteiger partial charge in [0, 0.05) is 0 Å². The molecule has 1 heterocycles. The molecule has 0 saturated heterocycles. The fourth-order valence-corrected chi connectivity index (χ4v) is 1.86. The highest BCUT2D eigenvalue weighted by Crippen LogP contribution is 2.39. The molecule has 3 rings (SSSR count). The molecule has 1 saturated carbocycles. The SMILES string of the molecule is O=C(O)c1ncc(-c2cc(C(F)(F)F)ccc2OC2CC2)o1. The number of hydrogen-bond acceptors (Lipinski definition) is 4. The van der Waals surface area contributed by atoms with Gasteiger partial charge in [0.15, 0.2) is 5.76 Å². The Bertz CT molecular complexity index is 719. The maximum atomic E-state index is 12.8. The molecule has 1 aromatic heterocycles. The predicted molar refractivity (Wildman–Crippen MR) is 67.6 cm³/mol. The van der Waals surface area contributed by atoms with Gasteiger partial charge in [0.1, 0.15) is 5.75 Å². The van der Waals surface area contributed by atoms with Crippen LogP contribution in [0.1, 0.15) is 29.1 Å². The molecule has 0 spiro atoms. The zero-order chi connectivity index (χ0) is 15.9. The van der Waals surface area contributed by atoms with Gasteiger partial charge in [0.2, 0.25) is 0 Å². The maximum Gasteiger partial charge on any atom is 0.416 e. The van der Waals surface area contributed by atoms with Gasteiger partial charge in [0.05, 0.1) is 23.4 Å². The third-order valence-electron chi connectivity index (χ3n) is 3.08. The summed E-state index contributed by atoms with van der Waals surface area (Å²) in [5, 5.41) is 8.79. The average molecular weight is 313 g/mol. The summed E-state index contributed by atoms with van der Waals surface area (Å²) in [5.74, 6) is -1.87. The Morgan fingerprint density at radius 1 is 1.36 bits per heavy atom. The van der Waals surface area contributed by atoms with Crippen LogP contribution >= 0.6 is 0 Å². The first-order valence-corrected chi connectivity index (χ1v) is 6.42. The largest absolute Gasteiger partial charge is 0.490 e. The number of carbonyl (C=O) groups is 1. The van der Waals surface area contributed by atoms with Crippen molar-refractivity contribution in [2.45, 2.75) is 25.1 Å². The second kappa shape index (κ2) is 5.04. The maximum absolute atomic E-state index is 12.8. The Balaban J connectivity index is 2.05. The molecular weight excluding hydrogens is 303 g/mol. The number of hydrogen-bond donors (Lipinski definition) is 1. The number of alkyl halides is 3. The Hall–Kier alpha value is -2.51. The lowest BCUT2D eigenvalue weighted by molar-refractivity contribution is -0.137. The fourth-order valence-electron chi connectivity index (χ4n) is 1.86. The Morgan fingerprint density at radius 2 is 2.09 bits per heavy atom. The lowest BCUT2D eigenvalue weighted by atomic mass is 10.1. The number of nitrogens with zero attached hydrogens (tertiary/aromatic N) is 1. The highest BCUT2D eigenvalue weighted by atomic mass is 19.4. The van der Waals surface area contributed by atoms with Crippen molar-refractivity contribution in [3.8, 4) is 17.1 Å². The molecule has 1 aliphatic rings. The molecule has 1 fully saturated rings. The molecule has 2 aromatic rings. The van der Waals surface area contributed by atoms with Crippen molar-refractivity contribution in [1.82, 2.24) is 4.98 Å². The minimum absolute atomic E-state index is 0.0294. The molecule has 0 radical (unpaired) electrons. The van der Waals surface area contributed by atoms with E-state index in [1.165, 1.54) is 6.07 Å². The summed E-state index contributed by atoms with van der Waals surface area (Å²) in [6, 6.07) is 2.99. The van der Waals surface area contributed by atoms with Crippen LogP contribution in [0.15, 0.2) is 28.8 Å². The van der Waals surface area contributed by atoms with Crippen LogP contribution in [0.5, 0.6) is 5.75 Å². The van der Waals surface area contributed by atoms with Crippen molar-refractivity contribution in [2.75, 3.05) is 0 Å². The van der Waals surface area contributed by atoms with E-state index in [0.29, 0.717) is 0 Å². The number of halogens is 3. The number of aromatic carboxylic acids is 1. The predicted octanol–water partition coefficient (Wildman–Crippen LogP) is 3.60. The van der Waals surface area contributed by atoms with Gasteiger partial charge in [-0.1, -0.05) is 0 Å². The van der Waals surface area contributed by atoms with Crippen molar-refractivity contribution in [2.24, 2.45) is 0 Å². The molecule has 0 bridgehead atoms. The van der Waals surface area contributed by atoms with Gasteiger partial charge in [-0.2, -0.15) is 13.2 Å². The summed E-state index contributed by atoms with van der Waals surface area (Å²) in [7, 11) is 0. The van der Waals surface area contributed by atoms with Crippen LogP contribution in [-0.2, 0) is 6.18 Å². The average Bonchev–Trinajstić information content (AvgIpc) is 3.11. The van der Waals surface area contributed by atoms with Crippen LogP contribution in [0, 0.1) is 0 Å². The molecule has 0 amide bonds. The number of carboxylic acid groups (broad SMARTS) is 1. The molecule has 1 aromatic carbocycles. The van der Waals surface area contributed by atoms with Gasteiger partial charge < -0.3 is 14.3 Å². The summed E-state index contributed by atoms with van der Waals surface area (Å²) in [4.78, 5) is 14.3. The number of aromatic nitrogens is 1. The van der Waals surface area contributed by atoms with Gasteiger partial charge in [-0.05, 0) is 31.0 Å². The first kappa shape index (κ1) is 14.4. The molecule has 116 valence electrons. The minimum Gasteiger partial charge on any atom is -0.490 e. The van der Waals surface area contributed by atoms with Crippen molar-refractivity contribution < 1.29 is 32.2 Å². The van der Waals surface area contributed by atoms with E-state index in [0.717, 1.165) is 31.2 Å². The van der Waals surface area contributed by atoms with E-state index in [1.807, 2.05) is 0 Å². The Labute approximate surface area is 122 Å². The van der Waals surface area contributed by atoms with E-state index in [4.69, 9.17) is 14.3 Å². The summed E-state index contributed by atoms with van der Waals surface area (Å²) < 4.78 is 49.1. The van der Waals surface area contributed by atoms with E-state index < -0.39 is 23.6 Å². The third kappa shape index (κ3) is 2.90. The van der Waals surface area contributed by atoms with E-state index in [9.17, 15) is 18.0 Å². The lowest BCUT2D eigenvalue weighted by Gasteiger charge is -2.12. The number of rotatable bonds is 4. The normalized spacial score (nSPS) is 14.9. The van der Waals surface area contributed by atoms with Crippen molar-refractivity contribution in [3.05, 3.63) is 35.9 Å². The molecule has 1 N–H and O–H groups in total. The zero-order valence-electron chi connectivity index (χ0n) is 11.1. The number of benzene rings is 1. The second-order valence-electron chi connectivity index (χ2n) is 4.86. The van der Waals surface area contributed by atoms with Crippen molar-refractivity contribution in [3.63, 3.8) is 0 Å². The Morgan fingerprint density at radius 3 is 2.64 bits per heavy atom. The van der Waals surface area contributed by atoms with E-state index >= 15 is 0 Å². The van der Waals surface area contributed by atoms with Crippen molar-refractivity contribution >= 4 is 5.97 Å². The topological polar surface area (TPSA) is 72.6 Å². The molecule has 0 atom stereocenters. The van der Waals surface area contributed by atoms with Crippen molar-refractivity contribution in [1.29, 1.82) is 0 Å². The molecule has 5 nitrogen and oxygen atoms in total. The fraction of sp³-hybridized carbons (Fsp3) is 0.286. The molecule has 0 aliphatic heterocycles. The molecule has 8 heteroatoms. The number of ether oxygens (including phenoxy) is 1. The van der Waals surface area contributed by atoms with Crippen LogP contribution < -0.4 is 4.74 Å². The van der Waals surface area contributed by atoms with Crippen LogP contribution in [0.3, 0.4) is 0 Å². The smallest absolute Gasteiger partial charge is 0.416 e. The molecule has 0 unspecified atom stereocenters. The standard InChI is InChI=1S/C14H10F3NO4/c15-14(16,17)7-1-4-10(21-8-2-3-8)9(5-7)11-6-18-12(22-11)13(19)20/h1,4-6,8H,2-3H2,(H,19,20). The van der Waals surface area contributed by atoms with Crippen LogP contribution in [0.2, 0.25) is 0 Å². The van der Waals surface area contributed by atoms with Crippen LogP contribution in [-0.4, -0.2) is 22.2 Å². The van der Waals surface area contributed by atoms with E-state index in [-0.39, 0.29) is 23.2 Å². The second-order valence-corrected chi connectivity index (χ2v) is 4.86. The van der Waals surface area contributed by atoms with E-state index in [1.54, 1.807) is 0 Å². The highest BCUT2D eigenvalue weighted by Gasteiger charge is 2.33. The van der Waals surface area contributed by atoms with Crippen LogP contribution in [0.4, 0.5) is 13.2 Å². The highest BCUT2D eigenvalue weighted by molar-refractivity contribution is 5.83. The van der Waals surface area contributed by atoms with Gasteiger partial charge >= 0.3 is 18.0 Å². The lowest BCUT2D eigenvalue weighted by Crippen LogP contribution is -2.06. The Kier molecular flexibility index (Phi) is 3.31. The van der Waals surface area contributed by atoms with Gasteiger partial charge in [-0.15, -0.1) is 0 Å². The quantitative estimate of drug-likeness (QED) is 0.933. The molecule has 1 aliphatic carbocycles. The summed E-state index contributed by atoms with van der Waals surface area (Å²) in [6.45, 7) is 0. The summed E-state index contributed by atoms with van der Waals surface area (Å²) >= 11 is 0. The first-order valence-electron chi connectivity index (χ1n) is 6.42. The molecular formula is C14H10F3NO4. The van der Waals surface area contributed by atoms with Gasteiger partial charge in [-0.3, -0.25) is 0 Å². The van der Waals surface area contributed by atoms with E-state index in [2.05, 4.69) is 4.98 Å². The molecule has 22 heavy (non-hydrogen) atoms. The monoisotopic (exact) mass is 313 g/mol. The van der Waals surface area contributed by atoms with Crippen LogP contribution in [0.25, 0.3) is 11.3 Å². The zero-order valence-corrected chi connectivity index (χ0v) is 11.1. The summed E-state index contributed by atoms with van der Waals surface area (Å²) in [6.07, 6.45) is -1.83.